The van der Waals surface area contributed by atoms with Crippen LogP contribution >= 0.6 is 35.1 Å². The highest BCUT2D eigenvalue weighted by Gasteiger charge is 2.23. The third-order valence-electron chi connectivity index (χ3n) is 2.72. The molecule has 0 amide bonds. The Morgan fingerprint density at radius 3 is 2.33 bits per heavy atom. The lowest BCUT2D eigenvalue weighted by Gasteiger charge is -2.14. The molecule has 1 fully saturated rings. The van der Waals surface area contributed by atoms with Gasteiger partial charge in [-0.15, -0.1) is 23.5 Å². The first-order valence-electron chi connectivity index (χ1n) is 6.29. The van der Waals surface area contributed by atoms with Crippen LogP contribution in [0.15, 0.2) is 40.2 Å². The van der Waals surface area contributed by atoms with Gasteiger partial charge in [0.1, 0.15) is 5.57 Å². The van der Waals surface area contributed by atoms with E-state index in [0.717, 1.165) is 23.5 Å². The van der Waals surface area contributed by atoms with Crippen molar-refractivity contribution in [1.82, 2.24) is 0 Å². The van der Waals surface area contributed by atoms with E-state index in [2.05, 4.69) is 0 Å². The van der Waals surface area contributed by atoms with Crippen molar-refractivity contribution >= 4 is 53.0 Å². The van der Waals surface area contributed by atoms with Crippen LogP contribution in [0, 0.1) is 0 Å². The van der Waals surface area contributed by atoms with Crippen LogP contribution in [-0.4, -0.2) is 28.4 Å². The fraction of sp³-hybridized carbons (Fsp3) is 0.200. The Morgan fingerprint density at radius 1 is 1.14 bits per heavy atom. The van der Waals surface area contributed by atoms with Gasteiger partial charge >= 0.3 is 5.97 Å². The van der Waals surface area contributed by atoms with Crippen molar-refractivity contribution in [3.8, 4) is 0 Å². The number of carbonyl (C=O) groups excluding carboxylic acids is 1. The summed E-state index contributed by atoms with van der Waals surface area (Å²) in [6.45, 7) is 0. The predicted molar refractivity (Wildman–Crippen MR) is 89.7 cm³/mol. The number of carboxylic acids is 1. The van der Waals surface area contributed by atoms with Crippen molar-refractivity contribution in [2.45, 2.75) is 6.42 Å². The zero-order valence-corrected chi connectivity index (χ0v) is 13.4. The van der Waals surface area contributed by atoms with E-state index in [1.54, 1.807) is 30.3 Å². The van der Waals surface area contributed by atoms with E-state index < -0.39 is 11.8 Å². The monoisotopic (exact) mass is 340 g/mol. The predicted octanol–water partition coefficient (Wildman–Crippen LogP) is 4.09. The molecule has 1 aromatic carbocycles. The number of benzene rings is 1. The minimum absolute atomic E-state index is 0.130. The van der Waals surface area contributed by atoms with Crippen LogP contribution in [0.5, 0.6) is 0 Å². The quantitative estimate of drug-likeness (QED) is 0.508. The minimum Gasteiger partial charge on any atom is -0.477 e. The molecule has 1 aliphatic heterocycles. The Bertz CT molecular complexity index is 598. The Kier molecular flexibility index (Phi) is 5.96. The zero-order chi connectivity index (χ0) is 15.2. The Labute approximate surface area is 136 Å². The first kappa shape index (κ1) is 16.2. The van der Waals surface area contributed by atoms with Gasteiger partial charge in [0.15, 0.2) is 5.78 Å². The van der Waals surface area contributed by atoms with Crippen molar-refractivity contribution in [3.63, 3.8) is 0 Å². The average molecular weight is 341 g/mol. The third kappa shape index (κ3) is 4.66. The lowest BCUT2D eigenvalue weighted by atomic mass is 10.1. The van der Waals surface area contributed by atoms with Crippen LogP contribution in [0.2, 0.25) is 5.02 Å². The normalized spacial score (nSPS) is 15.2. The summed E-state index contributed by atoms with van der Waals surface area (Å²) in [7, 11) is 0. The molecule has 1 aliphatic rings. The maximum Gasteiger partial charge on any atom is 0.341 e. The summed E-state index contributed by atoms with van der Waals surface area (Å²) in [4.78, 5) is 23.5. The largest absolute Gasteiger partial charge is 0.477 e. The van der Waals surface area contributed by atoms with Crippen molar-refractivity contribution in [2.24, 2.45) is 0 Å². The summed E-state index contributed by atoms with van der Waals surface area (Å²) in [5, 5.41) is 9.89. The first-order valence-corrected chi connectivity index (χ1v) is 8.64. The fourth-order valence-electron chi connectivity index (χ4n) is 1.70. The number of aliphatic carboxylic acids is 1. The first-order chi connectivity index (χ1) is 10.1. The number of rotatable bonds is 4. The van der Waals surface area contributed by atoms with Gasteiger partial charge in [-0.05, 0) is 41.7 Å². The standard InChI is InChI=1S/C15H13ClO3S2/c16-11-5-2-10(3-6-11)4-7-12(17)13(14(18)19)15-20-8-1-9-21-15/h2-7H,1,8-9H2,(H,18,19)/b7-4+. The highest BCUT2D eigenvalue weighted by Crippen LogP contribution is 2.37. The summed E-state index contributed by atoms with van der Waals surface area (Å²) in [6.07, 6.45) is 3.93. The van der Waals surface area contributed by atoms with Crippen LogP contribution in [-0.2, 0) is 9.59 Å². The van der Waals surface area contributed by atoms with Gasteiger partial charge in [-0.3, -0.25) is 4.79 Å². The Morgan fingerprint density at radius 2 is 1.76 bits per heavy atom. The Balaban J connectivity index is 2.19. The van der Waals surface area contributed by atoms with E-state index in [4.69, 9.17) is 11.6 Å². The number of hydrogen-bond donors (Lipinski definition) is 1. The molecule has 110 valence electrons. The molecule has 2 rings (SSSR count). The van der Waals surface area contributed by atoms with E-state index in [9.17, 15) is 14.7 Å². The number of ketones is 1. The number of halogens is 1. The van der Waals surface area contributed by atoms with E-state index in [1.165, 1.54) is 29.6 Å². The second-order valence-corrected chi connectivity index (χ2v) is 7.17. The molecule has 0 radical (unpaired) electrons. The maximum atomic E-state index is 12.1. The molecule has 0 aromatic heterocycles. The van der Waals surface area contributed by atoms with Crippen molar-refractivity contribution in [2.75, 3.05) is 11.5 Å². The van der Waals surface area contributed by atoms with Gasteiger partial charge < -0.3 is 5.11 Å². The van der Waals surface area contributed by atoms with Crippen molar-refractivity contribution in [1.29, 1.82) is 0 Å². The summed E-state index contributed by atoms with van der Waals surface area (Å²) in [6, 6.07) is 6.97. The van der Waals surface area contributed by atoms with Gasteiger partial charge in [0.25, 0.3) is 0 Å². The fourth-order valence-corrected chi connectivity index (χ4v) is 4.45. The smallest absolute Gasteiger partial charge is 0.341 e. The van der Waals surface area contributed by atoms with Crippen molar-refractivity contribution < 1.29 is 14.7 Å². The molecular weight excluding hydrogens is 328 g/mol. The Hall–Kier alpha value is -1.17. The van der Waals surface area contributed by atoms with Gasteiger partial charge in [0.2, 0.25) is 0 Å². The zero-order valence-electron chi connectivity index (χ0n) is 11.0. The molecular formula is C15H13ClO3S2. The van der Waals surface area contributed by atoms with Crippen LogP contribution in [0.4, 0.5) is 0 Å². The SMILES string of the molecule is O=C(O)C(C(=O)/C=C/c1ccc(Cl)cc1)=C1SCCCS1. The number of hydrogen-bond acceptors (Lipinski definition) is 4. The van der Waals surface area contributed by atoms with Gasteiger partial charge in [-0.2, -0.15) is 0 Å². The van der Waals surface area contributed by atoms with E-state index in [0.29, 0.717) is 9.26 Å². The van der Waals surface area contributed by atoms with E-state index in [1.807, 2.05) is 0 Å². The molecule has 0 bridgehead atoms. The van der Waals surface area contributed by atoms with E-state index >= 15 is 0 Å². The lowest BCUT2D eigenvalue weighted by molar-refractivity contribution is -0.134. The average Bonchev–Trinajstić information content (AvgIpc) is 2.47. The topological polar surface area (TPSA) is 54.4 Å². The van der Waals surface area contributed by atoms with Gasteiger partial charge in [0.05, 0.1) is 4.24 Å². The molecule has 0 atom stereocenters. The number of allylic oxidation sites excluding steroid dienone is 1. The van der Waals surface area contributed by atoms with Gasteiger partial charge in [-0.25, -0.2) is 4.79 Å². The molecule has 1 saturated heterocycles. The van der Waals surface area contributed by atoms with Crippen LogP contribution < -0.4 is 0 Å². The molecule has 1 aromatic rings. The summed E-state index contributed by atoms with van der Waals surface area (Å²) < 4.78 is 0.611. The van der Waals surface area contributed by atoms with Crippen LogP contribution in [0.1, 0.15) is 12.0 Å². The second kappa shape index (κ2) is 7.73. The number of carboxylic acid groups (broad SMARTS) is 1. The molecule has 0 saturated carbocycles. The third-order valence-corrected chi connectivity index (χ3v) is 5.59. The van der Waals surface area contributed by atoms with Crippen LogP contribution in [0.25, 0.3) is 6.08 Å². The lowest BCUT2D eigenvalue weighted by Crippen LogP contribution is -2.13. The second-order valence-electron chi connectivity index (χ2n) is 4.27. The van der Waals surface area contributed by atoms with Crippen LogP contribution in [0.3, 0.4) is 0 Å². The highest BCUT2D eigenvalue weighted by molar-refractivity contribution is 8.22. The molecule has 0 aliphatic carbocycles. The van der Waals surface area contributed by atoms with Gasteiger partial charge in [-0.1, -0.05) is 29.8 Å². The maximum absolute atomic E-state index is 12.1. The summed E-state index contributed by atoms with van der Waals surface area (Å²) >= 11 is 8.67. The molecule has 0 unspecified atom stereocenters. The molecule has 1 heterocycles. The van der Waals surface area contributed by atoms with Crippen molar-refractivity contribution in [3.05, 3.63) is 50.7 Å². The number of thioether (sulfide) groups is 2. The molecule has 1 N–H and O–H groups in total. The number of carbonyl (C=O) groups is 2. The molecule has 21 heavy (non-hydrogen) atoms. The van der Waals surface area contributed by atoms with E-state index in [-0.39, 0.29) is 5.57 Å². The minimum atomic E-state index is -1.17. The highest BCUT2D eigenvalue weighted by atomic mass is 35.5. The molecule has 0 spiro atoms. The molecule has 6 heteroatoms. The molecule has 3 nitrogen and oxygen atoms in total. The summed E-state index contributed by atoms with van der Waals surface area (Å²) in [5.74, 6) is 0.0626. The summed E-state index contributed by atoms with van der Waals surface area (Å²) in [5.41, 5.74) is 0.668. The van der Waals surface area contributed by atoms with Gasteiger partial charge in [0, 0.05) is 5.02 Å².